The molecule has 2 N–H and O–H groups in total. The van der Waals surface area contributed by atoms with Crippen molar-refractivity contribution in [1.29, 1.82) is 0 Å². The molecular formula is C22H30O2. The van der Waals surface area contributed by atoms with E-state index in [0.717, 1.165) is 22.3 Å². The summed E-state index contributed by atoms with van der Waals surface area (Å²) in [5.41, 5.74) is 4.20. The molecule has 0 heterocycles. The third kappa shape index (κ3) is 3.81. The molecule has 1 atom stereocenters. The predicted molar refractivity (Wildman–Crippen MR) is 101 cm³/mol. The lowest BCUT2D eigenvalue weighted by atomic mass is 9.77. The number of hydrogen-bond acceptors (Lipinski definition) is 2. The summed E-state index contributed by atoms with van der Waals surface area (Å²) in [4.78, 5) is 0. The Balaban J connectivity index is 2.63. The Bertz CT molecular complexity index is 678. The first-order chi connectivity index (χ1) is 10.9. The van der Waals surface area contributed by atoms with Gasteiger partial charge in [0.15, 0.2) is 0 Å². The van der Waals surface area contributed by atoms with Crippen LogP contribution in [0.15, 0.2) is 36.4 Å². The third-order valence-electron chi connectivity index (χ3n) is 4.46. The monoisotopic (exact) mass is 326 g/mol. The van der Waals surface area contributed by atoms with E-state index in [2.05, 4.69) is 41.5 Å². The zero-order valence-electron chi connectivity index (χ0n) is 15.9. The van der Waals surface area contributed by atoms with E-state index in [0.29, 0.717) is 5.75 Å². The molecule has 2 aromatic carbocycles. The number of aromatic hydroxyl groups is 1. The Kier molecular flexibility index (Phi) is 4.83. The molecule has 0 bridgehead atoms. The Morgan fingerprint density at radius 3 is 1.54 bits per heavy atom. The molecule has 2 rings (SSSR count). The fourth-order valence-electron chi connectivity index (χ4n) is 2.90. The predicted octanol–water partition coefficient (Wildman–Crippen LogP) is 5.38. The Labute approximate surface area is 146 Å². The lowest BCUT2D eigenvalue weighted by Crippen LogP contribution is -2.18. The summed E-state index contributed by atoms with van der Waals surface area (Å²) in [5, 5.41) is 21.7. The smallest absolute Gasteiger partial charge is 0.123 e. The summed E-state index contributed by atoms with van der Waals surface area (Å²) in [6.07, 6.45) is -0.701. The number of rotatable bonds is 2. The number of hydrogen-bond donors (Lipinski definition) is 2. The molecule has 0 fully saturated rings. The molecule has 130 valence electrons. The second-order valence-corrected chi connectivity index (χ2v) is 8.78. The highest BCUT2D eigenvalue weighted by Gasteiger charge is 2.28. The molecule has 2 aromatic rings. The second-order valence-electron chi connectivity index (χ2n) is 8.78. The van der Waals surface area contributed by atoms with E-state index in [9.17, 15) is 10.2 Å². The first-order valence-corrected chi connectivity index (χ1v) is 8.54. The minimum absolute atomic E-state index is 0.201. The molecule has 24 heavy (non-hydrogen) atoms. The molecule has 0 saturated heterocycles. The van der Waals surface area contributed by atoms with Gasteiger partial charge in [0.25, 0.3) is 0 Å². The van der Waals surface area contributed by atoms with Crippen molar-refractivity contribution in [3.05, 3.63) is 64.2 Å². The SMILES string of the molecule is Cc1ccc([C@@H](O)c2cc(C(C)(C)C)c(O)c(C(C)(C)C)c2)cc1. The van der Waals surface area contributed by atoms with Crippen molar-refractivity contribution in [3.63, 3.8) is 0 Å². The van der Waals surface area contributed by atoms with Crippen molar-refractivity contribution in [2.45, 2.75) is 65.4 Å². The van der Waals surface area contributed by atoms with Gasteiger partial charge in [-0.3, -0.25) is 0 Å². The second kappa shape index (κ2) is 6.25. The molecule has 0 saturated carbocycles. The number of benzene rings is 2. The lowest BCUT2D eigenvalue weighted by molar-refractivity contribution is 0.219. The number of aryl methyl sites for hydroxylation is 1. The topological polar surface area (TPSA) is 40.5 Å². The Morgan fingerprint density at radius 2 is 1.17 bits per heavy atom. The van der Waals surface area contributed by atoms with Crippen LogP contribution in [0.3, 0.4) is 0 Å². The lowest BCUT2D eigenvalue weighted by Gasteiger charge is -2.29. The fraction of sp³-hybridized carbons (Fsp3) is 0.455. The van der Waals surface area contributed by atoms with Crippen molar-refractivity contribution in [3.8, 4) is 5.75 Å². The van der Waals surface area contributed by atoms with Crippen molar-refractivity contribution >= 4 is 0 Å². The van der Waals surface area contributed by atoms with Gasteiger partial charge in [-0.1, -0.05) is 71.4 Å². The van der Waals surface area contributed by atoms with Crippen LogP contribution in [-0.2, 0) is 10.8 Å². The van der Waals surface area contributed by atoms with Crippen molar-refractivity contribution < 1.29 is 10.2 Å². The van der Waals surface area contributed by atoms with Gasteiger partial charge in [-0.05, 0) is 52.1 Å². The fourth-order valence-corrected chi connectivity index (χ4v) is 2.90. The number of phenols is 1. The third-order valence-corrected chi connectivity index (χ3v) is 4.46. The highest BCUT2D eigenvalue weighted by molar-refractivity contribution is 5.51. The van der Waals surface area contributed by atoms with E-state index >= 15 is 0 Å². The van der Waals surface area contributed by atoms with E-state index in [1.54, 1.807) is 0 Å². The maximum absolute atomic E-state index is 10.9. The molecule has 0 aromatic heterocycles. The van der Waals surface area contributed by atoms with Crippen LogP contribution in [0.5, 0.6) is 5.75 Å². The van der Waals surface area contributed by atoms with Crippen LogP contribution in [0, 0.1) is 6.92 Å². The van der Waals surface area contributed by atoms with Gasteiger partial charge < -0.3 is 10.2 Å². The average molecular weight is 326 g/mol. The molecule has 0 spiro atoms. The van der Waals surface area contributed by atoms with Crippen molar-refractivity contribution in [1.82, 2.24) is 0 Å². The summed E-state index contributed by atoms with van der Waals surface area (Å²) in [6.45, 7) is 14.5. The molecule has 0 aliphatic heterocycles. The molecule has 0 radical (unpaired) electrons. The van der Waals surface area contributed by atoms with Crippen LogP contribution >= 0.6 is 0 Å². The van der Waals surface area contributed by atoms with Gasteiger partial charge in [-0.2, -0.15) is 0 Å². The molecule has 0 unspecified atom stereocenters. The first kappa shape index (κ1) is 18.5. The normalized spacial score (nSPS) is 13.8. The average Bonchev–Trinajstić information content (AvgIpc) is 2.45. The van der Waals surface area contributed by atoms with Crippen LogP contribution in [0.4, 0.5) is 0 Å². The van der Waals surface area contributed by atoms with Gasteiger partial charge in [0, 0.05) is 0 Å². The molecule has 0 aliphatic rings. The molecule has 0 aliphatic carbocycles. The first-order valence-electron chi connectivity index (χ1n) is 8.54. The summed E-state index contributed by atoms with van der Waals surface area (Å²) >= 11 is 0. The van der Waals surface area contributed by atoms with Gasteiger partial charge in [0.05, 0.1) is 0 Å². The minimum Gasteiger partial charge on any atom is -0.507 e. The standard InChI is InChI=1S/C22H30O2/c1-14-8-10-15(11-9-14)19(23)16-12-17(21(2,3)4)20(24)18(13-16)22(5,6)7/h8-13,19,23-24H,1-7H3/t19-/m1/s1. The number of aliphatic hydroxyl groups excluding tert-OH is 1. The quantitative estimate of drug-likeness (QED) is 0.778. The highest BCUT2D eigenvalue weighted by Crippen LogP contribution is 2.41. The molecule has 2 heteroatoms. The maximum atomic E-state index is 10.9. The summed E-state index contributed by atoms with van der Waals surface area (Å²) in [6, 6.07) is 11.8. The van der Waals surface area contributed by atoms with Gasteiger partial charge in [0.2, 0.25) is 0 Å². The van der Waals surface area contributed by atoms with Gasteiger partial charge in [-0.15, -0.1) is 0 Å². The van der Waals surface area contributed by atoms with E-state index in [4.69, 9.17) is 0 Å². The van der Waals surface area contributed by atoms with E-state index in [1.165, 1.54) is 5.56 Å². The van der Waals surface area contributed by atoms with E-state index in [-0.39, 0.29) is 10.8 Å². The van der Waals surface area contributed by atoms with Crippen LogP contribution in [0.1, 0.15) is 75.5 Å². The zero-order valence-corrected chi connectivity index (χ0v) is 15.9. The molecular weight excluding hydrogens is 296 g/mol. The van der Waals surface area contributed by atoms with Gasteiger partial charge >= 0.3 is 0 Å². The van der Waals surface area contributed by atoms with Gasteiger partial charge in [-0.25, -0.2) is 0 Å². The molecule has 2 nitrogen and oxygen atoms in total. The Hall–Kier alpha value is -1.80. The van der Waals surface area contributed by atoms with Crippen LogP contribution in [-0.4, -0.2) is 10.2 Å². The van der Waals surface area contributed by atoms with Crippen molar-refractivity contribution in [2.24, 2.45) is 0 Å². The highest BCUT2D eigenvalue weighted by atomic mass is 16.3. The summed E-state index contributed by atoms with van der Waals surface area (Å²) in [5.74, 6) is 0.342. The zero-order chi connectivity index (χ0) is 18.3. The van der Waals surface area contributed by atoms with Crippen LogP contribution in [0.25, 0.3) is 0 Å². The van der Waals surface area contributed by atoms with E-state index in [1.807, 2.05) is 43.3 Å². The number of phenolic OH excluding ortho intramolecular Hbond substituents is 1. The number of aliphatic hydroxyl groups is 1. The minimum atomic E-state index is -0.701. The molecule has 0 amide bonds. The maximum Gasteiger partial charge on any atom is 0.123 e. The summed E-state index contributed by atoms with van der Waals surface area (Å²) in [7, 11) is 0. The van der Waals surface area contributed by atoms with Crippen LogP contribution < -0.4 is 0 Å². The van der Waals surface area contributed by atoms with Crippen LogP contribution in [0.2, 0.25) is 0 Å². The van der Waals surface area contributed by atoms with E-state index < -0.39 is 6.10 Å². The van der Waals surface area contributed by atoms with Crippen molar-refractivity contribution in [2.75, 3.05) is 0 Å². The van der Waals surface area contributed by atoms with Gasteiger partial charge in [0.1, 0.15) is 11.9 Å². The Morgan fingerprint density at radius 1 is 0.750 bits per heavy atom. The summed E-state index contributed by atoms with van der Waals surface area (Å²) < 4.78 is 0. The largest absolute Gasteiger partial charge is 0.507 e.